The molecule has 17 heavy (non-hydrogen) atoms. The van der Waals surface area contributed by atoms with Gasteiger partial charge in [0.05, 0.1) is 16.9 Å². The minimum Gasteiger partial charge on any atom is -0.315 e. The van der Waals surface area contributed by atoms with Crippen LogP contribution in [0.3, 0.4) is 0 Å². The molecule has 0 spiro atoms. The van der Waals surface area contributed by atoms with Crippen molar-refractivity contribution in [2.75, 3.05) is 6.54 Å². The first-order valence-corrected chi connectivity index (χ1v) is 6.88. The number of nitrogens with one attached hydrogen (secondary N) is 1. The molecular weight excluding hydrogens is 234 g/mol. The van der Waals surface area contributed by atoms with E-state index >= 15 is 0 Å². The lowest BCUT2D eigenvalue weighted by molar-refractivity contribution is 0.502. The lowest BCUT2D eigenvalue weighted by Crippen LogP contribution is -2.25. The van der Waals surface area contributed by atoms with Gasteiger partial charge in [0.15, 0.2) is 0 Å². The summed E-state index contributed by atoms with van der Waals surface area (Å²) in [6.45, 7) is 10.7. The monoisotopic (exact) mass is 257 g/mol. The van der Waals surface area contributed by atoms with Crippen molar-refractivity contribution in [1.82, 2.24) is 15.1 Å². The number of halogens is 1. The fraction of sp³-hybridized carbons (Fsp3) is 0.769. The summed E-state index contributed by atoms with van der Waals surface area (Å²) < 4.78 is 2.04. The Morgan fingerprint density at radius 1 is 1.41 bits per heavy atom. The van der Waals surface area contributed by atoms with E-state index in [1.165, 1.54) is 5.69 Å². The van der Waals surface area contributed by atoms with E-state index in [-0.39, 0.29) is 0 Å². The Kier molecular flexibility index (Phi) is 6.00. The molecule has 0 saturated carbocycles. The first-order valence-electron chi connectivity index (χ1n) is 6.50. The number of nitrogens with zero attached hydrogens (tertiary/aromatic N) is 2. The number of aryl methyl sites for hydroxylation is 1. The highest BCUT2D eigenvalue weighted by atomic mass is 35.5. The molecular formula is C13H24ClN3. The van der Waals surface area contributed by atoms with Gasteiger partial charge >= 0.3 is 0 Å². The molecule has 1 N–H and O–H groups in total. The number of hydrogen-bond donors (Lipinski definition) is 1. The smallest absolute Gasteiger partial charge is 0.0820 e. The first-order chi connectivity index (χ1) is 8.06. The molecule has 1 rings (SSSR count). The first kappa shape index (κ1) is 14.5. The van der Waals surface area contributed by atoms with E-state index in [0.29, 0.717) is 12.0 Å². The average molecular weight is 258 g/mol. The van der Waals surface area contributed by atoms with E-state index < -0.39 is 0 Å². The van der Waals surface area contributed by atoms with Crippen molar-refractivity contribution in [2.24, 2.45) is 0 Å². The van der Waals surface area contributed by atoms with Gasteiger partial charge in [-0.2, -0.15) is 5.10 Å². The summed E-state index contributed by atoms with van der Waals surface area (Å²) in [7, 11) is 0. The third kappa shape index (κ3) is 4.32. The van der Waals surface area contributed by atoms with E-state index in [0.717, 1.165) is 31.0 Å². The highest BCUT2D eigenvalue weighted by molar-refractivity contribution is 6.31. The summed E-state index contributed by atoms with van der Waals surface area (Å²) in [4.78, 5) is 0. The van der Waals surface area contributed by atoms with Gasteiger partial charge in [0.1, 0.15) is 0 Å². The largest absolute Gasteiger partial charge is 0.315 e. The molecule has 98 valence electrons. The molecule has 0 aliphatic rings. The Morgan fingerprint density at radius 3 is 2.71 bits per heavy atom. The highest BCUT2D eigenvalue weighted by Crippen LogP contribution is 2.26. The van der Waals surface area contributed by atoms with Crippen LogP contribution >= 0.6 is 11.6 Å². The molecule has 3 nitrogen and oxygen atoms in total. The van der Waals surface area contributed by atoms with Crippen LogP contribution in [-0.2, 0) is 6.54 Å². The van der Waals surface area contributed by atoms with Gasteiger partial charge in [-0.3, -0.25) is 4.68 Å². The number of aromatic nitrogens is 2. The Bertz CT molecular complexity index is 333. The van der Waals surface area contributed by atoms with Crippen LogP contribution in [0.2, 0.25) is 5.02 Å². The predicted octanol–water partition coefficient (Wildman–Crippen LogP) is 3.44. The summed E-state index contributed by atoms with van der Waals surface area (Å²) in [5.41, 5.74) is 1.18. The molecule has 0 aliphatic carbocycles. The normalized spacial score (nSPS) is 13.3. The van der Waals surface area contributed by atoms with Crippen molar-refractivity contribution >= 4 is 11.6 Å². The van der Waals surface area contributed by atoms with Crippen molar-refractivity contribution in [2.45, 2.75) is 59.0 Å². The van der Waals surface area contributed by atoms with Crippen molar-refractivity contribution in [1.29, 1.82) is 0 Å². The van der Waals surface area contributed by atoms with Gasteiger partial charge < -0.3 is 5.32 Å². The lowest BCUT2D eigenvalue weighted by Gasteiger charge is -2.16. The standard InChI is InChI=1S/C13H24ClN3/c1-5-8-17-13(12(14)9-16-17)11(4)6-7-15-10(2)3/h9-11,15H,5-8H2,1-4H3. The molecule has 1 atom stereocenters. The van der Waals surface area contributed by atoms with Crippen molar-refractivity contribution in [3.8, 4) is 0 Å². The summed E-state index contributed by atoms with van der Waals surface area (Å²) in [5.74, 6) is 0.447. The number of rotatable bonds is 7. The van der Waals surface area contributed by atoms with Gasteiger partial charge in [0.25, 0.3) is 0 Å². The van der Waals surface area contributed by atoms with Crippen LogP contribution in [0.5, 0.6) is 0 Å². The molecule has 0 bridgehead atoms. The maximum Gasteiger partial charge on any atom is 0.0820 e. The lowest BCUT2D eigenvalue weighted by atomic mass is 10.0. The van der Waals surface area contributed by atoms with Crippen LogP contribution in [0.4, 0.5) is 0 Å². The van der Waals surface area contributed by atoms with Crippen molar-refractivity contribution < 1.29 is 0 Å². The maximum atomic E-state index is 6.21. The fourth-order valence-electron chi connectivity index (χ4n) is 1.98. The molecule has 0 fully saturated rings. The van der Waals surface area contributed by atoms with E-state index in [2.05, 4.69) is 38.1 Å². The topological polar surface area (TPSA) is 29.9 Å². The zero-order valence-corrected chi connectivity index (χ0v) is 12.1. The zero-order valence-electron chi connectivity index (χ0n) is 11.3. The molecule has 1 aromatic rings. The summed E-state index contributed by atoms with van der Waals surface area (Å²) in [5, 5.41) is 8.57. The molecule has 0 saturated heterocycles. The van der Waals surface area contributed by atoms with Crippen LogP contribution in [-0.4, -0.2) is 22.4 Å². The predicted molar refractivity (Wildman–Crippen MR) is 73.7 cm³/mol. The van der Waals surface area contributed by atoms with Crippen LogP contribution in [0.1, 0.15) is 52.1 Å². The van der Waals surface area contributed by atoms with Crippen molar-refractivity contribution in [3.05, 3.63) is 16.9 Å². The second-order valence-corrected chi connectivity index (χ2v) is 5.31. The molecule has 1 unspecified atom stereocenters. The van der Waals surface area contributed by atoms with Gasteiger partial charge in [-0.1, -0.05) is 39.3 Å². The van der Waals surface area contributed by atoms with E-state index in [1.807, 2.05) is 4.68 Å². The SMILES string of the molecule is CCCn1ncc(Cl)c1C(C)CCNC(C)C. The molecule has 1 aromatic heterocycles. The van der Waals surface area contributed by atoms with Gasteiger partial charge in [0, 0.05) is 18.5 Å². The van der Waals surface area contributed by atoms with E-state index in [1.54, 1.807) is 6.20 Å². The average Bonchev–Trinajstić information content (AvgIpc) is 2.60. The minimum absolute atomic E-state index is 0.447. The Labute approximate surface area is 110 Å². The third-order valence-electron chi connectivity index (χ3n) is 2.87. The van der Waals surface area contributed by atoms with Crippen LogP contribution in [0.15, 0.2) is 6.20 Å². The third-order valence-corrected chi connectivity index (χ3v) is 3.16. The van der Waals surface area contributed by atoms with Crippen LogP contribution in [0.25, 0.3) is 0 Å². The maximum absolute atomic E-state index is 6.21. The molecule has 0 radical (unpaired) electrons. The van der Waals surface area contributed by atoms with E-state index in [4.69, 9.17) is 11.6 Å². The van der Waals surface area contributed by atoms with E-state index in [9.17, 15) is 0 Å². The second kappa shape index (κ2) is 7.02. The van der Waals surface area contributed by atoms with Crippen molar-refractivity contribution in [3.63, 3.8) is 0 Å². The highest BCUT2D eigenvalue weighted by Gasteiger charge is 2.15. The molecule has 1 heterocycles. The molecule has 4 heteroatoms. The van der Waals surface area contributed by atoms with Gasteiger partial charge in [-0.25, -0.2) is 0 Å². The summed E-state index contributed by atoms with van der Waals surface area (Å²) >= 11 is 6.21. The quantitative estimate of drug-likeness (QED) is 0.811. The Balaban J connectivity index is 2.60. The second-order valence-electron chi connectivity index (χ2n) is 4.90. The summed E-state index contributed by atoms with van der Waals surface area (Å²) in [6, 6.07) is 0.540. The number of hydrogen-bond acceptors (Lipinski definition) is 2. The van der Waals surface area contributed by atoms with Crippen LogP contribution < -0.4 is 5.32 Å². The van der Waals surface area contributed by atoms with Gasteiger partial charge in [0.2, 0.25) is 0 Å². The molecule has 0 aliphatic heterocycles. The zero-order chi connectivity index (χ0) is 12.8. The van der Waals surface area contributed by atoms with Gasteiger partial charge in [-0.05, 0) is 19.4 Å². The Hall–Kier alpha value is -0.540. The molecule has 0 amide bonds. The van der Waals surface area contributed by atoms with Crippen LogP contribution in [0, 0.1) is 0 Å². The van der Waals surface area contributed by atoms with Gasteiger partial charge in [-0.15, -0.1) is 0 Å². The minimum atomic E-state index is 0.447. The Morgan fingerprint density at radius 2 is 2.12 bits per heavy atom. The summed E-state index contributed by atoms with van der Waals surface area (Å²) in [6.07, 6.45) is 3.94. The molecule has 0 aromatic carbocycles. The fourth-order valence-corrected chi connectivity index (χ4v) is 2.30.